The highest BCUT2D eigenvalue weighted by atomic mass is 16.5. The highest BCUT2D eigenvalue weighted by molar-refractivity contribution is 5.93. The first-order valence-corrected chi connectivity index (χ1v) is 11.4. The predicted octanol–water partition coefficient (Wildman–Crippen LogP) is 4.46. The Hall–Kier alpha value is -4.01. The molecule has 0 spiro atoms. The quantitative estimate of drug-likeness (QED) is 0.507. The number of amides is 1. The first kappa shape index (κ1) is 24.1. The molecule has 4 rings (SSSR count). The van der Waals surface area contributed by atoms with E-state index in [0.717, 1.165) is 30.7 Å². The van der Waals surface area contributed by atoms with E-state index in [1.165, 1.54) is 0 Å². The summed E-state index contributed by atoms with van der Waals surface area (Å²) >= 11 is 0. The Balaban J connectivity index is 1.50. The maximum absolute atomic E-state index is 13.2. The van der Waals surface area contributed by atoms with Gasteiger partial charge in [-0.25, -0.2) is 9.97 Å². The number of piperidine rings is 1. The lowest BCUT2D eigenvalue weighted by molar-refractivity contribution is -0.120. The summed E-state index contributed by atoms with van der Waals surface area (Å²) in [5, 5.41) is 3.00. The third-order valence-corrected chi connectivity index (χ3v) is 5.97. The number of aryl methyl sites for hydroxylation is 1. The Labute approximate surface area is 205 Å². The Bertz CT molecular complexity index is 1160. The number of nitrogens with one attached hydrogen (secondary N) is 1. The van der Waals surface area contributed by atoms with Gasteiger partial charge in [-0.15, -0.1) is 0 Å². The lowest BCUT2D eigenvalue weighted by Crippen LogP contribution is -2.41. The second kappa shape index (κ2) is 10.9. The van der Waals surface area contributed by atoms with E-state index < -0.39 is 0 Å². The molecule has 0 saturated carbocycles. The molecular weight excluding hydrogens is 448 g/mol. The molecule has 1 amide bonds. The second-order valence-electron chi connectivity index (χ2n) is 8.24. The number of rotatable bonds is 8. The molecule has 1 aromatic heterocycles. The Morgan fingerprint density at radius 1 is 1.00 bits per heavy atom. The molecule has 184 valence electrons. The number of para-hydroxylation sites is 1. The van der Waals surface area contributed by atoms with Crippen molar-refractivity contribution in [2.75, 3.05) is 44.6 Å². The summed E-state index contributed by atoms with van der Waals surface area (Å²) in [4.78, 5) is 24.2. The van der Waals surface area contributed by atoms with Crippen molar-refractivity contribution < 1.29 is 23.7 Å². The Kier molecular flexibility index (Phi) is 7.54. The lowest BCUT2D eigenvalue weighted by Gasteiger charge is -2.33. The molecule has 0 radical (unpaired) electrons. The van der Waals surface area contributed by atoms with Crippen molar-refractivity contribution in [1.82, 2.24) is 9.97 Å². The Morgan fingerprint density at radius 3 is 2.40 bits per heavy atom. The second-order valence-corrected chi connectivity index (χ2v) is 8.24. The number of aromatic nitrogens is 2. The average molecular weight is 479 g/mol. The van der Waals surface area contributed by atoms with Crippen LogP contribution < -0.4 is 29.2 Å². The molecule has 35 heavy (non-hydrogen) atoms. The van der Waals surface area contributed by atoms with E-state index in [0.29, 0.717) is 41.2 Å². The van der Waals surface area contributed by atoms with Crippen molar-refractivity contribution in [3.8, 4) is 28.9 Å². The van der Waals surface area contributed by atoms with Crippen LogP contribution in [-0.2, 0) is 4.79 Å². The van der Waals surface area contributed by atoms with Crippen LogP contribution in [0.15, 0.2) is 48.8 Å². The zero-order valence-corrected chi connectivity index (χ0v) is 20.4. The summed E-state index contributed by atoms with van der Waals surface area (Å²) in [7, 11) is 4.62. The fourth-order valence-electron chi connectivity index (χ4n) is 4.16. The van der Waals surface area contributed by atoms with Gasteiger partial charge in [-0.2, -0.15) is 0 Å². The summed E-state index contributed by atoms with van der Waals surface area (Å²) in [5.41, 5.74) is 1.58. The van der Waals surface area contributed by atoms with Gasteiger partial charge in [-0.3, -0.25) is 4.79 Å². The van der Waals surface area contributed by atoms with Crippen LogP contribution in [-0.4, -0.2) is 50.3 Å². The monoisotopic (exact) mass is 478 g/mol. The maximum atomic E-state index is 13.2. The third kappa shape index (κ3) is 5.40. The molecule has 9 heteroatoms. The van der Waals surface area contributed by atoms with Gasteiger partial charge < -0.3 is 29.2 Å². The van der Waals surface area contributed by atoms with Crippen molar-refractivity contribution in [2.24, 2.45) is 5.92 Å². The van der Waals surface area contributed by atoms with E-state index in [1.54, 1.807) is 45.9 Å². The molecule has 2 heterocycles. The first-order chi connectivity index (χ1) is 17.0. The SMILES string of the molecule is COc1cc(NC(=O)[C@@H]2CCCN(c3nccnc3Oc3ccccc3C)C2)cc(OC)c1OC. The number of hydrogen-bond donors (Lipinski definition) is 1. The molecule has 9 nitrogen and oxygen atoms in total. The molecule has 0 aliphatic carbocycles. The van der Waals surface area contributed by atoms with E-state index in [1.807, 2.05) is 31.2 Å². The van der Waals surface area contributed by atoms with Crippen LogP contribution in [0.3, 0.4) is 0 Å². The van der Waals surface area contributed by atoms with Crippen molar-refractivity contribution in [1.29, 1.82) is 0 Å². The van der Waals surface area contributed by atoms with Crippen LogP contribution in [0.4, 0.5) is 11.5 Å². The smallest absolute Gasteiger partial charge is 0.263 e. The third-order valence-electron chi connectivity index (χ3n) is 5.97. The minimum Gasteiger partial charge on any atom is -0.493 e. The van der Waals surface area contributed by atoms with Gasteiger partial charge in [0.2, 0.25) is 11.7 Å². The van der Waals surface area contributed by atoms with Gasteiger partial charge in [0.1, 0.15) is 5.75 Å². The number of carbonyl (C=O) groups excluding carboxylic acids is 1. The largest absolute Gasteiger partial charge is 0.493 e. The van der Waals surface area contributed by atoms with E-state index in [4.69, 9.17) is 18.9 Å². The molecule has 1 saturated heterocycles. The van der Waals surface area contributed by atoms with Gasteiger partial charge in [0.25, 0.3) is 5.88 Å². The standard InChI is InChI=1S/C26H30N4O5/c1-17-8-5-6-10-20(17)35-26-24(27-11-12-28-26)30-13-7-9-18(16-30)25(31)29-19-14-21(32-2)23(34-4)22(15-19)33-3/h5-6,8,10-12,14-15,18H,7,9,13,16H2,1-4H3,(H,29,31)/t18-/m1/s1. The Morgan fingerprint density at radius 2 is 1.71 bits per heavy atom. The normalized spacial score (nSPS) is 15.3. The van der Waals surface area contributed by atoms with E-state index >= 15 is 0 Å². The molecule has 1 N–H and O–H groups in total. The number of anilines is 2. The molecule has 1 aliphatic rings. The van der Waals surface area contributed by atoms with Gasteiger partial charge in [-0.05, 0) is 31.4 Å². The molecular formula is C26H30N4O5. The molecule has 3 aromatic rings. The molecule has 1 fully saturated rings. The highest BCUT2D eigenvalue weighted by Gasteiger charge is 2.29. The zero-order chi connectivity index (χ0) is 24.8. The number of nitrogens with zero attached hydrogens (tertiary/aromatic N) is 3. The van der Waals surface area contributed by atoms with E-state index in [9.17, 15) is 4.79 Å². The van der Waals surface area contributed by atoms with Crippen LogP contribution in [0.2, 0.25) is 0 Å². The summed E-state index contributed by atoms with van der Waals surface area (Å²) in [6.45, 7) is 3.24. The zero-order valence-electron chi connectivity index (χ0n) is 20.4. The number of carbonyl (C=O) groups is 1. The highest BCUT2D eigenvalue weighted by Crippen LogP contribution is 2.40. The number of ether oxygens (including phenoxy) is 4. The maximum Gasteiger partial charge on any atom is 0.263 e. The average Bonchev–Trinajstić information content (AvgIpc) is 2.89. The fraction of sp³-hybridized carbons (Fsp3) is 0.346. The number of methoxy groups -OCH3 is 3. The number of benzene rings is 2. The van der Waals surface area contributed by atoms with Crippen molar-refractivity contribution in [3.63, 3.8) is 0 Å². The van der Waals surface area contributed by atoms with Gasteiger partial charge in [0, 0.05) is 43.3 Å². The van der Waals surface area contributed by atoms with Crippen LogP contribution in [0, 0.1) is 12.8 Å². The minimum atomic E-state index is -0.240. The first-order valence-electron chi connectivity index (χ1n) is 11.4. The minimum absolute atomic E-state index is 0.0887. The van der Waals surface area contributed by atoms with Crippen LogP contribution in [0.25, 0.3) is 0 Å². The predicted molar refractivity (Wildman–Crippen MR) is 133 cm³/mol. The summed E-state index contributed by atoms with van der Waals surface area (Å²) in [6, 6.07) is 11.2. The topological polar surface area (TPSA) is 95.0 Å². The van der Waals surface area contributed by atoms with E-state index in [-0.39, 0.29) is 11.8 Å². The van der Waals surface area contributed by atoms with Crippen LogP contribution in [0.5, 0.6) is 28.9 Å². The summed E-state index contributed by atoms with van der Waals surface area (Å²) < 4.78 is 22.3. The van der Waals surface area contributed by atoms with Crippen LogP contribution in [0.1, 0.15) is 18.4 Å². The van der Waals surface area contributed by atoms with Crippen molar-refractivity contribution in [3.05, 3.63) is 54.4 Å². The van der Waals surface area contributed by atoms with Crippen molar-refractivity contribution in [2.45, 2.75) is 19.8 Å². The molecule has 1 atom stereocenters. The molecule has 2 aromatic carbocycles. The molecule has 0 bridgehead atoms. The lowest BCUT2D eigenvalue weighted by atomic mass is 9.97. The van der Waals surface area contributed by atoms with Gasteiger partial charge in [0.15, 0.2) is 17.3 Å². The number of hydrogen-bond acceptors (Lipinski definition) is 8. The van der Waals surface area contributed by atoms with Gasteiger partial charge in [0.05, 0.1) is 27.2 Å². The van der Waals surface area contributed by atoms with Crippen molar-refractivity contribution >= 4 is 17.4 Å². The van der Waals surface area contributed by atoms with Gasteiger partial charge in [-0.1, -0.05) is 18.2 Å². The molecule has 0 unspecified atom stereocenters. The summed E-state index contributed by atoms with van der Waals surface area (Å²) in [6.07, 6.45) is 4.85. The molecule has 1 aliphatic heterocycles. The van der Waals surface area contributed by atoms with Gasteiger partial charge >= 0.3 is 0 Å². The van der Waals surface area contributed by atoms with Crippen LogP contribution >= 0.6 is 0 Å². The summed E-state index contributed by atoms with van der Waals surface area (Å²) in [5.74, 6) is 2.87. The van der Waals surface area contributed by atoms with E-state index in [2.05, 4.69) is 20.2 Å². The fourth-order valence-corrected chi connectivity index (χ4v) is 4.16.